The molecule has 1 saturated heterocycles. The molecule has 0 aromatic heterocycles. The summed E-state index contributed by atoms with van der Waals surface area (Å²) in [5, 5.41) is 3.03. The van der Waals surface area contributed by atoms with E-state index in [1.807, 2.05) is 55.5 Å². The number of rotatable bonds is 5. The summed E-state index contributed by atoms with van der Waals surface area (Å²) in [5.74, 6) is 0.685. The fourth-order valence-electron chi connectivity index (χ4n) is 3.03. The monoisotopic (exact) mass is 340 g/mol. The summed E-state index contributed by atoms with van der Waals surface area (Å²) >= 11 is 0. The van der Waals surface area contributed by atoms with E-state index in [4.69, 9.17) is 9.47 Å². The highest BCUT2D eigenvalue weighted by Crippen LogP contribution is 2.25. The number of nitrogens with one attached hydrogen (secondary N) is 1. The largest absolute Gasteiger partial charge is 0.496 e. The first-order valence-electron chi connectivity index (χ1n) is 8.55. The molecule has 1 aliphatic heterocycles. The highest BCUT2D eigenvalue weighted by atomic mass is 16.5. The van der Waals surface area contributed by atoms with Crippen molar-refractivity contribution < 1.29 is 14.3 Å². The van der Waals surface area contributed by atoms with Crippen LogP contribution >= 0.6 is 0 Å². The predicted octanol–water partition coefficient (Wildman–Crippen LogP) is 3.02. The summed E-state index contributed by atoms with van der Waals surface area (Å²) in [5.41, 5.74) is 2.74. The van der Waals surface area contributed by atoms with Crippen LogP contribution in [0.2, 0.25) is 0 Å². The van der Waals surface area contributed by atoms with Gasteiger partial charge >= 0.3 is 0 Å². The van der Waals surface area contributed by atoms with Crippen LogP contribution in [-0.4, -0.2) is 39.3 Å². The maximum atomic E-state index is 12.5. The van der Waals surface area contributed by atoms with Gasteiger partial charge in [0, 0.05) is 29.9 Å². The van der Waals surface area contributed by atoms with Gasteiger partial charge in [0.05, 0.1) is 26.4 Å². The maximum Gasteiger partial charge on any atom is 0.251 e. The second kappa shape index (κ2) is 8.03. The summed E-state index contributed by atoms with van der Waals surface area (Å²) < 4.78 is 10.7. The zero-order valence-electron chi connectivity index (χ0n) is 14.7. The van der Waals surface area contributed by atoms with Gasteiger partial charge < -0.3 is 19.7 Å². The Morgan fingerprint density at radius 2 is 1.80 bits per heavy atom. The molecular weight excluding hydrogens is 316 g/mol. The predicted molar refractivity (Wildman–Crippen MR) is 98.3 cm³/mol. The highest BCUT2D eigenvalue weighted by molar-refractivity contribution is 5.94. The van der Waals surface area contributed by atoms with Crippen LogP contribution in [0.3, 0.4) is 0 Å². The van der Waals surface area contributed by atoms with E-state index in [0.717, 1.165) is 43.3 Å². The smallest absolute Gasteiger partial charge is 0.251 e. The minimum atomic E-state index is -0.137. The van der Waals surface area contributed by atoms with Gasteiger partial charge in [-0.05, 0) is 37.3 Å². The first kappa shape index (κ1) is 17.3. The van der Waals surface area contributed by atoms with Crippen LogP contribution in [-0.2, 0) is 4.74 Å². The molecule has 0 aliphatic carbocycles. The molecule has 25 heavy (non-hydrogen) atoms. The van der Waals surface area contributed by atoms with Gasteiger partial charge in [-0.25, -0.2) is 0 Å². The van der Waals surface area contributed by atoms with Crippen LogP contribution in [0.1, 0.15) is 28.9 Å². The van der Waals surface area contributed by atoms with Crippen LogP contribution in [0.25, 0.3) is 0 Å². The van der Waals surface area contributed by atoms with Crippen LogP contribution in [0, 0.1) is 0 Å². The van der Waals surface area contributed by atoms with Gasteiger partial charge in [-0.1, -0.05) is 18.2 Å². The number of hydrogen-bond acceptors (Lipinski definition) is 4. The number of nitrogens with zero attached hydrogens (tertiary/aromatic N) is 1. The number of carbonyl (C=O) groups excluding carboxylic acids is 1. The molecule has 2 aromatic carbocycles. The second-order valence-electron chi connectivity index (χ2n) is 6.08. The fraction of sp³-hybridized carbons (Fsp3) is 0.350. The Labute approximate surface area is 148 Å². The molecule has 2 aromatic rings. The Morgan fingerprint density at radius 3 is 2.48 bits per heavy atom. The number of hydrogen-bond donors (Lipinski definition) is 1. The molecule has 5 heteroatoms. The zero-order chi connectivity index (χ0) is 17.6. The van der Waals surface area contributed by atoms with E-state index >= 15 is 0 Å². The minimum Gasteiger partial charge on any atom is -0.496 e. The fourth-order valence-corrected chi connectivity index (χ4v) is 3.03. The third-order valence-corrected chi connectivity index (χ3v) is 4.46. The third-order valence-electron chi connectivity index (χ3n) is 4.46. The summed E-state index contributed by atoms with van der Waals surface area (Å²) in [6.45, 7) is 5.22. The zero-order valence-corrected chi connectivity index (χ0v) is 14.7. The average Bonchev–Trinajstić information content (AvgIpc) is 2.68. The number of benzene rings is 2. The Kier molecular flexibility index (Phi) is 5.56. The van der Waals surface area contributed by atoms with E-state index in [9.17, 15) is 4.79 Å². The van der Waals surface area contributed by atoms with Crippen molar-refractivity contribution >= 4 is 11.6 Å². The van der Waals surface area contributed by atoms with E-state index in [-0.39, 0.29) is 11.9 Å². The lowest BCUT2D eigenvalue weighted by molar-refractivity contribution is 0.0939. The Morgan fingerprint density at radius 1 is 1.12 bits per heavy atom. The lowest BCUT2D eigenvalue weighted by atomic mass is 10.1. The lowest BCUT2D eigenvalue weighted by Gasteiger charge is -2.28. The summed E-state index contributed by atoms with van der Waals surface area (Å²) in [6.07, 6.45) is 0. The van der Waals surface area contributed by atoms with Gasteiger partial charge in [-0.3, -0.25) is 4.79 Å². The van der Waals surface area contributed by atoms with E-state index < -0.39 is 0 Å². The van der Waals surface area contributed by atoms with E-state index in [1.165, 1.54) is 0 Å². The van der Waals surface area contributed by atoms with E-state index in [0.29, 0.717) is 5.56 Å². The van der Waals surface area contributed by atoms with Gasteiger partial charge in [0.15, 0.2) is 0 Å². The van der Waals surface area contributed by atoms with Gasteiger partial charge in [0.1, 0.15) is 5.75 Å². The van der Waals surface area contributed by atoms with Crippen molar-refractivity contribution in [2.45, 2.75) is 13.0 Å². The first-order chi connectivity index (χ1) is 12.2. The maximum absolute atomic E-state index is 12.5. The molecule has 1 fully saturated rings. The van der Waals surface area contributed by atoms with E-state index in [2.05, 4.69) is 10.2 Å². The van der Waals surface area contributed by atoms with Crippen molar-refractivity contribution in [3.63, 3.8) is 0 Å². The number of methoxy groups -OCH3 is 1. The quantitative estimate of drug-likeness (QED) is 0.909. The number of morpholine rings is 1. The molecule has 0 spiro atoms. The SMILES string of the molecule is COc1ccccc1[C@@H](C)NC(=O)c1ccc(N2CCOCC2)cc1. The summed E-state index contributed by atoms with van der Waals surface area (Å²) in [6, 6.07) is 15.3. The first-order valence-corrected chi connectivity index (χ1v) is 8.55. The van der Waals surface area contributed by atoms with Gasteiger partial charge in [-0.2, -0.15) is 0 Å². The summed E-state index contributed by atoms with van der Waals surface area (Å²) in [4.78, 5) is 14.8. The molecule has 1 amide bonds. The van der Waals surface area contributed by atoms with Crippen LogP contribution < -0.4 is 15.0 Å². The Hall–Kier alpha value is -2.53. The standard InChI is InChI=1S/C20H24N2O3/c1-15(18-5-3-4-6-19(18)24-2)21-20(23)16-7-9-17(10-8-16)22-11-13-25-14-12-22/h3-10,15H,11-14H2,1-2H3,(H,21,23)/t15-/m1/s1. The van der Waals surface area contributed by atoms with Gasteiger partial charge in [0.2, 0.25) is 0 Å². The van der Waals surface area contributed by atoms with Crippen molar-refractivity contribution in [3.8, 4) is 5.75 Å². The molecular formula is C20H24N2O3. The molecule has 0 bridgehead atoms. The lowest BCUT2D eigenvalue weighted by Crippen LogP contribution is -2.36. The average molecular weight is 340 g/mol. The minimum absolute atomic E-state index is 0.0908. The number of para-hydroxylation sites is 1. The van der Waals surface area contributed by atoms with Crippen LogP contribution in [0.4, 0.5) is 5.69 Å². The summed E-state index contributed by atoms with van der Waals surface area (Å²) in [7, 11) is 1.64. The second-order valence-corrected chi connectivity index (χ2v) is 6.08. The van der Waals surface area contributed by atoms with Crippen molar-refractivity contribution in [1.29, 1.82) is 0 Å². The Bertz CT molecular complexity index is 709. The topological polar surface area (TPSA) is 50.8 Å². The van der Waals surface area contributed by atoms with Crippen molar-refractivity contribution in [2.75, 3.05) is 38.3 Å². The molecule has 0 unspecified atom stereocenters. The normalized spacial score (nSPS) is 15.5. The van der Waals surface area contributed by atoms with Crippen LogP contribution in [0.15, 0.2) is 48.5 Å². The van der Waals surface area contributed by atoms with Gasteiger partial charge in [-0.15, -0.1) is 0 Å². The molecule has 3 rings (SSSR count). The van der Waals surface area contributed by atoms with Crippen molar-refractivity contribution in [2.24, 2.45) is 0 Å². The number of anilines is 1. The molecule has 0 radical (unpaired) electrons. The van der Waals surface area contributed by atoms with Crippen molar-refractivity contribution in [1.82, 2.24) is 5.32 Å². The molecule has 1 atom stereocenters. The number of carbonyl (C=O) groups is 1. The van der Waals surface area contributed by atoms with Crippen LogP contribution in [0.5, 0.6) is 5.75 Å². The number of ether oxygens (including phenoxy) is 2. The van der Waals surface area contributed by atoms with Crippen molar-refractivity contribution in [3.05, 3.63) is 59.7 Å². The van der Waals surface area contributed by atoms with Gasteiger partial charge in [0.25, 0.3) is 5.91 Å². The highest BCUT2D eigenvalue weighted by Gasteiger charge is 2.16. The molecule has 0 saturated carbocycles. The molecule has 1 heterocycles. The molecule has 1 N–H and O–H groups in total. The molecule has 1 aliphatic rings. The Balaban J connectivity index is 1.66. The number of amides is 1. The molecule has 5 nitrogen and oxygen atoms in total. The third kappa shape index (κ3) is 4.12. The molecule has 132 valence electrons. The van der Waals surface area contributed by atoms with E-state index in [1.54, 1.807) is 7.11 Å².